The molecule has 0 heterocycles. The average Bonchev–Trinajstić information content (AvgIpc) is 2.23. The lowest BCUT2D eigenvalue weighted by molar-refractivity contribution is 0.418. The van der Waals surface area contributed by atoms with Gasteiger partial charge in [0.2, 0.25) is 0 Å². The van der Waals surface area contributed by atoms with E-state index in [2.05, 4.69) is 15.9 Å². The Balaban J connectivity index is 3.00. The zero-order valence-corrected chi connectivity index (χ0v) is 8.71. The highest BCUT2D eigenvalue weighted by molar-refractivity contribution is 9.10. The zero-order chi connectivity index (χ0) is 11.2. The van der Waals surface area contributed by atoms with Gasteiger partial charge in [-0.3, -0.25) is 0 Å². The number of benzene rings is 2. The third-order valence-corrected chi connectivity index (χ3v) is 2.53. The molecule has 0 aliphatic carbocycles. The molecule has 2 aromatic carbocycles. The summed E-state index contributed by atoms with van der Waals surface area (Å²) >= 11 is 3.03. The van der Waals surface area contributed by atoms with Crippen LogP contribution in [-0.4, -0.2) is 0 Å². The van der Waals surface area contributed by atoms with Crippen molar-refractivity contribution in [2.75, 3.05) is 0 Å². The van der Waals surface area contributed by atoms with Crippen LogP contribution in [0.1, 0.15) is 0 Å². The Morgan fingerprint density at radius 2 is 1.27 bits per heavy atom. The van der Waals surface area contributed by atoms with E-state index >= 15 is 0 Å². The molecule has 0 aromatic heterocycles. The van der Waals surface area contributed by atoms with Gasteiger partial charge < -0.3 is 0 Å². The fourth-order valence-corrected chi connectivity index (χ4v) is 1.68. The van der Waals surface area contributed by atoms with E-state index in [0.717, 1.165) is 0 Å². The lowest BCUT2D eigenvalue weighted by Gasteiger charge is -2.04. The van der Waals surface area contributed by atoms with Gasteiger partial charge in [0.25, 0.3) is 0 Å². The Bertz CT molecular complexity index is 551. The van der Waals surface area contributed by atoms with Gasteiger partial charge in [0.15, 0.2) is 23.3 Å². The van der Waals surface area contributed by atoms with Gasteiger partial charge in [0, 0.05) is 15.2 Å². The number of hydrogen-bond acceptors (Lipinski definition) is 0. The number of hydrogen-bond donors (Lipinski definition) is 0. The average molecular weight is 279 g/mol. The third kappa shape index (κ3) is 1.51. The van der Waals surface area contributed by atoms with E-state index in [1.54, 1.807) is 0 Å². The molecule has 0 nitrogen and oxygen atoms in total. The summed E-state index contributed by atoms with van der Waals surface area (Å²) in [4.78, 5) is 0. The standard InChI is InChI=1S/C10H3BrF4/c11-4-1-2-5-6(3-4)8(13)10(15)9(14)7(5)12/h1-3H. The highest BCUT2D eigenvalue weighted by Gasteiger charge is 2.19. The van der Waals surface area contributed by atoms with Crippen LogP contribution < -0.4 is 0 Å². The van der Waals surface area contributed by atoms with Crippen molar-refractivity contribution in [3.8, 4) is 0 Å². The fraction of sp³-hybridized carbons (Fsp3) is 0. The van der Waals surface area contributed by atoms with Gasteiger partial charge in [0.1, 0.15) is 0 Å². The molecule has 5 heteroatoms. The van der Waals surface area contributed by atoms with Gasteiger partial charge in [-0.2, -0.15) is 0 Å². The first kappa shape index (κ1) is 10.4. The minimum atomic E-state index is -1.79. The molecule has 0 saturated heterocycles. The molecule has 0 aliphatic rings. The van der Waals surface area contributed by atoms with Crippen LogP contribution in [0.3, 0.4) is 0 Å². The predicted octanol–water partition coefficient (Wildman–Crippen LogP) is 4.16. The van der Waals surface area contributed by atoms with Crippen LogP contribution in [-0.2, 0) is 0 Å². The Morgan fingerprint density at radius 3 is 1.87 bits per heavy atom. The van der Waals surface area contributed by atoms with E-state index in [-0.39, 0.29) is 10.8 Å². The molecule has 0 saturated carbocycles. The molecule has 78 valence electrons. The van der Waals surface area contributed by atoms with Gasteiger partial charge in [-0.25, -0.2) is 17.6 Å². The van der Waals surface area contributed by atoms with Crippen molar-refractivity contribution in [1.82, 2.24) is 0 Å². The minimum absolute atomic E-state index is 0.283. The lowest BCUT2D eigenvalue weighted by atomic mass is 10.1. The molecule has 2 aromatic rings. The smallest absolute Gasteiger partial charge is 0.198 e. The molecular weight excluding hydrogens is 276 g/mol. The van der Waals surface area contributed by atoms with Crippen molar-refractivity contribution in [3.63, 3.8) is 0 Å². The summed E-state index contributed by atoms with van der Waals surface area (Å²) in [5, 5.41) is -0.574. The summed E-state index contributed by atoms with van der Waals surface area (Å²) in [6.45, 7) is 0. The highest BCUT2D eigenvalue weighted by atomic mass is 79.9. The molecular formula is C10H3BrF4. The lowest BCUT2D eigenvalue weighted by Crippen LogP contribution is -1.97. The first-order valence-corrected chi connectivity index (χ1v) is 4.73. The summed E-state index contributed by atoms with van der Waals surface area (Å²) in [5.41, 5.74) is 0. The number of fused-ring (bicyclic) bond motifs is 1. The second-order valence-electron chi connectivity index (χ2n) is 2.95. The maximum Gasteiger partial charge on any atom is 0.198 e. The maximum absolute atomic E-state index is 13.2. The minimum Gasteiger partial charge on any atom is -0.203 e. The molecule has 0 N–H and O–H groups in total. The quantitative estimate of drug-likeness (QED) is 0.386. The molecule has 15 heavy (non-hydrogen) atoms. The second-order valence-corrected chi connectivity index (χ2v) is 3.86. The van der Waals surface area contributed by atoms with Crippen LogP contribution in [0.5, 0.6) is 0 Å². The van der Waals surface area contributed by atoms with Crippen molar-refractivity contribution in [2.24, 2.45) is 0 Å². The molecule has 0 aliphatic heterocycles. The van der Waals surface area contributed by atoms with Crippen LogP contribution in [0.15, 0.2) is 22.7 Å². The van der Waals surface area contributed by atoms with Crippen molar-refractivity contribution < 1.29 is 17.6 Å². The largest absolute Gasteiger partial charge is 0.203 e. The molecule has 0 atom stereocenters. The second kappa shape index (κ2) is 3.48. The molecule has 2 rings (SSSR count). The molecule has 0 unspecified atom stereocenters. The van der Waals surface area contributed by atoms with Gasteiger partial charge in [0.05, 0.1) is 0 Å². The summed E-state index contributed by atoms with van der Waals surface area (Å²) < 4.78 is 52.5. The van der Waals surface area contributed by atoms with Crippen LogP contribution in [0.25, 0.3) is 10.8 Å². The monoisotopic (exact) mass is 278 g/mol. The molecule has 0 fully saturated rings. The molecule has 0 spiro atoms. The van der Waals surface area contributed by atoms with Crippen LogP contribution >= 0.6 is 15.9 Å². The normalized spacial score (nSPS) is 11.0. The predicted molar refractivity (Wildman–Crippen MR) is 51.5 cm³/mol. The van der Waals surface area contributed by atoms with Crippen molar-refractivity contribution in [1.29, 1.82) is 0 Å². The van der Waals surface area contributed by atoms with Crippen LogP contribution in [0, 0.1) is 23.3 Å². The molecule has 0 bridgehead atoms. The van der Waals surface area contributed by atoms with Crippen molar-refractivity contribution in [3.05, 3.63) is 45.9 Å². The van der Waals surface area contributed by atoms with E-state index in [1.165, 1.54) is 18.2 Å². The molecule has 0 radical (unpaired) electrons. The fourth-order valence-electron chi connectivity index (χ4n) is 1.32. The van der Waals surface area contributed by atoms with Gasteiger partial charge in [-0.1, -0.05) is 22.0 Å². The first-order chi connectivity index (χ1) is 7.02. The number of halogens is 5. The Morgan fingerprint density at radius 1 is 0.733 bits per heavy atom. The summed E-state index contributed by atoms with van der Waals surface area (Å²) in [6.07, 6.45) is 0. The SMILES string of the molecule is Fc1c(F)c(F)c2cc(Br)ccc2c1F. The van der Waals surface area contributed by atoms with E-state index in [4.69, 9.17) is 0 Å². The van der Waals surface area contributed by atoms with Crippen molar-refractivity contribution in [2.45, 2.75) is 0 Å². The number of rotatable bonds is 0. The summed E-state index contributed by atoms with van der Waals surface area (Å²) in [6, 6.07) is 3.79. The maximum atomic E-state index is 13.2. The van der Waals surface area contributed by atoms with E-state index in [0.29, 0.717) is 4.47 Å². The third-order valence-electron chi connectivity index (χ3n) is 2.03. The Hall–Kier alpha value is -1.10. The summed E-state index contributed by atoms with van der Waals surface area (Å²) in [7, 11) is 0. The highest BCUT2D eigenvalue weighted by Crippen LogP contribution is 2.28. The van der Waals surface area contributed by atoms with Crippen LogP contribution in [0.4, 0.5) is 17.6 Å². The van der Waals surface area contributed by atoms with Gasteiger partial charge in [-0.05, 0) is 12.1 Å². The van der Waals surface area contributed by atoms with Gasteiger partial charge >= 0.3 is 0 Å². The van der Waals surface area contributed by atoms with Crippen molar-refractivity contribution >= 4 is 26.7 Å². The van der Waals surface area contributed by atoms with E-state index in [1.807, 2.05) is 0 Å². The van der Waals surface area contributed by atoms with E-state index in [9.17, 15) is 17.6 Å². The van der Waals surface area contributed by atoms with Crippen LogP contribution in [0.2, 0.25) is 0 Å². The van der Waals surface area contributed by atoms with Gasteiger partial charge in [-0.15, -0.1) is 0 Å². The molecule has 0 amide bonds. The Labute approximate surface area is 90.6 Å². The zero-order valence-electron chi connectivity index (χ0n) is 7.12. The first-order valence-electron chi connectivity index (χ1n) is 3.93. The Kier molecular flexibility index (Phi) is 2.42. The topological polar surface area (TPSA) is 0 Å². The summed E-state index contributed by atoms with van der Waals surface area (Å²) in [5.74, 6) is -6.35. The van der Waals surface area contributed by atoms with E-state index < -0.39 is 23.3 Å².